The topological polar surface area (TPSA) is 23.0 Å². The fourth-order valence-corrected chi connectivity index (χ4v) is 8.05. The van der Waals surface area contributed by atoms with Crippen molar-refractivity contribution in [1.29, 1.82) is 0 Å². The molecule has 228 valence electrons. The number of furan rings is 1. The Labute approximate surface area is 281 Å². The molecule has 0 fully saturated rings. The summed E-state index contributed by atoms with van der Waals surface area (Å²) >= 11 is 0. The van der Waals surface area contributed by atoms with E-state index in [-0.39, 0.29) is 0 Å². The van der Waals surface area contributed by atoms with E-state index in [1.807, 2.05) is 0 Å². The second-order valence-electron chi connectivity index (χ2n) is 13.0. The molecule has 3 nitrogen and oxygen atoms in total. The van der Waals surface area contributed by atoms with Gasteiger partial charge in [0.15, 0.2) is 5.58 Å². The van der Waals surface area contributed by atoms with E-state index in [1.165, 1.54) is 54.5 Å². The van der Waals surface area contributed by atoms with Crippen LogP contribution in [0.3, 0.4) is 0 Å². The predicted octanol–water partition coefficient (Wildman–Crippen LogP) is 12.6. The molecule has 3 heterocycles. The molecule has 0 aliphatic carbocycles. The maximum absolute atomic E-state index is 6.75. The Morgan fingerprint density at radius 1 is 0.347 bits per heavy atom. The summed E-state index contributed by atoms with van der Waals surface area (Å²) in [6.45, 7) is 0. The molecule has 3 aromatic heterocycles. The van der Waals surface area contributed by atoms with Crippen molar-refractivity contribution in [2.45, 2.75) is 0 Å². The fraction of sp³-hybridized carbons (Fsp3) is 0. The zero-order chi connectivity index (χ0) is 32.1. The van der Waals surface area contributed by atoms with E-state index in [0.29, 0.717) is 0 Å². The molecule has 0 atom stereocenters. The Balaban J connectivity index is 1.20. The zero-order valence-corrected chi connectivity index (χ0v) is 26.5. The van der Waals surface area contributed by atoms with Gasteiger partial charge in [-0.3, -0.25) is 0 Å². The van der Waals surface area contributed by atoms with E-state index < -0.39 is 0 Å². The van der Waals surface area contributed by atoms with Crippen molar-refractivity contribution in [2.24, 2.45) is 0 Å². The molecule has 0 saturated carbocycles. The summed E-state index contributed by atoms with van der Waals surface area (Å²) < 4.78 is 11.6. The summed E-state index contributed by atoms with van der Waals surface area (Å²) in [5, 5.41) is 9.55. The van der Waals surface area contributed by atoms with E-state index in [1.54, 1.807) is 0 Å². The Bertz CT molecular complexity index is 3090. The first-order chi connectivity index (χ1) is 24.3. The molecule has 3 heteroatoms. The fourth-order valence-electron chi connectivity index (χ4n) is 8.05. The van der Waals surface area contributed by atoms with Gasteiger partial charge in [0.2, 0.25) is 0 Å². The van der Waals surface area contributed by atoms with E-state index in [9.17, 15) is 0 Å². The van der Waals surface area contributed by atoms with Crippen LogP contribution >= 0.6 is 0 Å². The molecule has 0 radical (unpaired) electrons. The van der Waals surface area contributed by atoms with Gasteiger partial charge in [-0.05, 0) is 76.5 Å². The van der Waals surface area contributed by atoms with Crippen LogP contribution in [-0.4, -0.2) is 9.13 Å². The van der Waals surface area contributed by atoms with Gasteiger partial charge in [0, 0.05) is 38.0 Å². The van der Waals surface area contributed by atoms with Gasteiger partial charge >= 0.3 is 0 Å². The molecule has 0 N–H and O–H groups in total. The van der Waals surface area contributed by atoms with E-state index in [4.69, 9.17) is 4.42 Å². The highest BCUT2D eigenvalue weighted by Gasteiger charge is 2.21. The largest absolute Gasteiger partial charge is 0.454 e. The molecule has 0 spiro atoms. The standard InChI is InChI=1S/C46H28N2O/c1-2-11-29(12-3-1)30-21-23-33(24-22-30)47-40-18-8-6-15-34(40)37-28-44-38(27-43(37)47)35-16-7-9-19-41(35)48(44)42-20-10-17-36-39-25-31-13-4-5-14-32(31)26-45(39)49-46(36)42/h1-28H. The molecule has 0 aliphatic heterocycles. The molecular weight excluding hydrogens is 597 g/mol. The zero-order valence-electron chi connectivity index (χ0n) is 26.5. The Morgan fingerprint density at radius 3 is 1.65 bits per heavy atom. The second kappa shape index (κ2) is 9.96. The molecule has 0 unspecified atom stereocenters. The Kier molecular flexibility index (Phi) is 5.38. The first-order valence-electron chi connectivity index (χ1n) is 16.8. The Morgan fingerprint density at radius 2 is 0.918 bits per heavy atom. The highest BCUT2D eigenvalue weighted by atomic mass is 16.3. The van der Waals surface area contributed by atoms with Crippen LogP contribution in [0.5, 0.6) is 0 Å². The summed E-state index contributed by atoms with van der Waals surface area (Å²) in [7, 11) is 0. The van der Waals surface area contributed by atoms with E-state index in [2.05, 4.69) is 179 Å². The highest BCUT2D eigenvalue weighted by molar-refractivity contribution is 6.20. The minimum absolute atomic E-state index is 0.900. The van der Waals surface area contributed by atoms with Crippen molar-refractivity contribution in [2.75, 3.05) is 0 Å². The van der Waals surface area contributed by atoms with Crippen LogP contribution in [0.15, 0.2) is 174 Å². The van der Waals surface area contributed by atoms with Gasteiger partial charge in [-0.15, -0.1) is 0 Å². The van der Waals surface area contributed by atoms with Crippen LogP contribution in [0.1, 0.15) is 0 Å². The molecule has 0 bridgehead atoms. The third-order valence-electron chi connectivity index (χ3n) is 10.3. The van der Waals surface area contributed by atoms with Crippen LogP contribution in [-0.2, 0) is 0 Å². The van der Waals surface area contributed by atoms with E-state index in [0.717, 1.165) is 44.3 Å². The van der Waals surface area contributed by atoms with Gasteiger partial charge < -0.3 is 13.6 Å². The van der Waals surface area contributed by atoms with Crippen LogP contribution in [0.4, 0.5) is 0 Å². The summed E-state index contributed by atoms with van der Waals surface area (Å²) in [5.74, 6) is 0. The number of hydrogen-bond acceptors (Lipinski definition) is 1. The van der Waals surface area contributed by atoms with Crippen LogP contribution < -0.4 is 0 Å². The quantitative estimate of drug-likeness (QED) is 0.192. The second-order valence-corrected chi connectivity index (χ2v) is 13.0. The maximum atomic E-state index is 6.75. The summed E-state index contributed by atoms with van der Waals surface area (Å²) in [6.07, 6.45) is 0. The molecule has 11 aromatic rings. The molecule has 0 aliphatic rings. The monoisotopic (exact) mass is 624 g/mol. The van der Waals surface area contributed by atoms with Crippen molar-refractivity contribution in [1.82, 2.24) is 9.13 Å². The minimum Gasteiger partial charge on any atom is -0.454 e. The number of benzene rings is 8. The van der Waals surface area contributed by atoms with Crippen molar-refractivity contribution < 1.29 is 4.42 Å². The van der Waals surface area contributed by atoms with E-state index >= 15 is 0 Å². The predicted molar refractivity (Wildman–Crippen MR) is 205 cm³/mol. The van der Waals surface area contributed by atoms with Gasteiger partial charge in [-0.1, -0.05) is 115 Å². The third-order valence-corrected chi connectivity index (χ3v) is 10.3. The summed E-state index contributed by atoms with van der Waals surface area (Å²) in [6, 6.07) is 61.2. The van der Waals surface area contributed by atoms with Gasteiger partial charge in [-0.25, -0.2) is 0 Å². The maximum Gasteiger partial charge on any atom is 0.159 e. The van der Waals surface area contributed by atoms with Gasteiger partial charge in [0.25, 0.3) is 0 Å². The minimum atomic E-state index is 0.900. The molecule has 8 aromatic carbocycles. The lowest BCUT2D eigenvalue weighted by atomic mass is 10.1. The third kappa shape index (κ3) is 3.78. The normalized spacial score (nSPS) is 12.1. The van der Waals surface area contributed by atoms with Crippen molar-refractivity contribution >= 4 is 76.3 Å². The van der Waals surface area contributed by atoms with Crippen LogP contribution in [0.2, 0.25) is 0 Å². The lowest BCUT2D eigenvalue weighted by molar-refractivity contribution is 0.667. The van der Waals surface area contributed by atoms with Gasteiger partial charge in [0.05, 0.1) is 27.8 Å². The first-order valence-corrected chi connectivity index (χ1v) is 16.8. The lowest BCUT2D eigenvalue weighted by Gasteiger charge is -2.10. The Hall–Kier alpha value is -6.58. The first kappa shape index (κ1) is 26.5. The molecular formula is C46H28N2O. The number of aromatic nitrogens is 2. The van der Waals surface area contributed by atoms with Crippen molar-refractivity contribution in [3.05, 3.63) is 170 Å². The number of para-hydroxylation sites is 3. The number of fused-ring (bicyclic) bond motifs is 10. The summed E-state index contributed by atoms with van der Waals surface area (Å²) in [4.78, 5) is 0. The molecule has 11 rings (SSSR count). The highest BCUT2D eigenvalue weighted by Crippen LogP contribution is 2.42. The average molecular weight is 625 g/mol. The lowest BCUT2D eigenvalue weighted by Crippen LogP contribution is -1.95. The SMILES string of the molecule is c1ccc(-c2ccc(-n3c4ccccc4c4cc5c(cc43)c3ccccc3n5-c3cccc4c3oc3cc5ccccc5cc34)cc2)cc1. The van der Waals surface area contributed by atoms with Crippen LogP contribution in [0, 0.1) is 0 Å². The molecule has 0 amide bonds. The number of rotatable bonds is 3. The number of nitrogens with zero attached hydrogens (tertiary/aromatic N) is 2. The average Bonchev–Trinajstić information content (AvgIpc) is 3.80. The molecule has 49 heavy (non-hydrogen) atoms. The number of hydrogen-bond donors (Lipinski definition) is 0. The smallest absolute Gasteiger partial charge is 0.159 e. The van der Waals surface area contributed by atoms with Gasteiger partial charge in [-0.2, -0.15) is 0 Å². The van der Waals surface area contributed by atoms with Crippen LogP contribution in [0.25, 0.3) is 98.8 Å². The van der Waals surface area contributed by atoms with Gasteiger partial charge in [0.1, 0.15) is 5.58 Å². The van der Waals surface area contributed by atoms with Crippen molar-refractivity contribution in [3.8, 4) is 22.5 Å². The summed E-state index contributed by atoms with van der Waals surface area (Å²) in [5.41, 5.74) is 11.1. The molecule has 0 saturated heterocycles. The van der Waals surface area contributed by atoms with Crippen molar-refractivity contribution in [3.63, 3.8) is 0 Å².